The smallest absolute Gasteiger partial charge is 0.247 e. The van der Waals surface area contributed by atoms with Gasteiger partial charge in [-0.3, -0.25) is 9.10 Å². The summed E-state index contributed by atoms with van der Waals surface area (Å²) in [7, 11) is -3.58. The summed E-state index contributed by atoms with van der Waals surface area (Å²) in [5, 5.41) is 0. The number of fused-ring (bicyclic) bond motifs is 1. The van der Waals surface area contributed by atoms with Crippen molar-refractivity contribution in [2.75, 3.05) is 28.6 Å². The van der Waals surface area contributed by atoms with Gasteiger partial charge in [-0.15, -0.1) is 0 Å². The van der Waals surface area contributed by atoms with Crippen molar-refractivity contribution in [3.63, 3.8) is 0 Å². The van der Waals surface area contributed by atoms with Gasteiger partial charge < -0.3 is 4.90 Å². The molecule has 2 aromatic carbocycles. The molecule has 0 unspecified atom stereocenters. The zero-order chi connectivity index (χ0) is 18.0. The first-order chi connectivity index (χ1) is 11.9. The normalized spacial score (nSPS) is 14.1. The number of hydrogen-bond acceptors (Lipinski definition) is 3. The quantitative estimate of drug-likeness (QED) is 0.759. The molecule has 1 heterocycles. The highest BCUT2D eigenvalue weighted by Gasteiger charge is 2.27. The average Bonchev–Trinajstić information content (AvgIpc) is 2.58. The van der Waals surface area contributed by atoms with Crippen LogP contribution in [0.3, 0.4) is 0 Å². The summed E-state index contributed by atoms with van der Waals surface area (Å²) >= 11 is 3.34. The third kappa shape index (κ3) is 4.04. The van der Waals surface area contributed by atoms with E-state index in [1.807, 2.05) is 30.3 Å². The maximum Gasteiger partial charge on any atom is 0.247 e. The lowest BCUT2D eigenvalue weighted by Gasteiger charge is -2.31. The van der Waals surface area contributed by atoms with Gasteiger partial charge in [-0.25, -0.2) is 8.42 Å². The monoisotopic (exact) mass is 422 g/mol. The number of carbonyl (C=O) groups is 1. The summed E-state index contributed by atoms with van der Waals surface area (Å²) in [4.78, 5) is 14.6. The van der Waals surface area contributed by atoms with Gasteiger partial charge in [0.1, 0.15) is 6.54 Å². The maximum absolute atomic E-state index is 12.9. The van der Waals surface area contributed by atoms with E-state index in [1.54, 1.807) is 23.1 Å². The molecule has 1 aliphatic heterocycles. The second-order valence-corrected chi connectivity index (χ2v) is 8.85. The van der Waals surface area contributed by atoms with Crippen molar-refractivity contribution in [2.24, 2.45) is 0 Å². The lowest BCUT2D eigenvalue weighted by molar-refractivity contribution is -0.117. The van der Waals surface area contributed by atoms with Crippen molar-refractivity contribution in [3.05, 3.63) is 58.6 Å². The minimum atomic E-state index is -3.58. The van der Waals surface area contributed by atoms with E-state index >= 15 is 0 Å². The molecule has 0 N–H and O–H groups in total. The molecule has 0 atom stereocenters. The minimum Gasteiger partial charge on any atom is -0.311 e. The summed E-state index contributed by atoms with van der Waals surface area (Å²) in [6.45, 7) is 0.384. The van der Waals surface area contributed by atoms with E-state index < -0.39 is 10.0 Å². The highest BCUT2D eigenvalue weighted by Crippen LogP contribution is 2.28. The first-order valence-electron chi connectivity index (χ1n) is 7.98. The van der Waals surface area contributed by atoms with E-state index in [4.69, 9.17) is 0 Å². The Hall–Kier alpha value is -1.86. The van der Waals surface area contributed by atoms with E-state index in [9.17, 15) is 13.2 Å². The number of halogens is 1. The largest absolute Gasteiger partial charge is 0.311 e. The highest BCUT2D eigenvalue weighted by molar-refractivity contribution is 9.10. The molecule has 25 heavy (non-hydrogen) atoms. The Labute approximate surface area is 156 Å². The first kappa shape index (κ1) is 17.9. The number of benzene rings is 2. The molecule has 0 bridgehead atoms. The second kappa shape index (κ2) is 7.17. The Morgan fingerprint density at radius 1 is 1.20 bits per heavy atom. The predicted molar refractivity (Wildman–Crippen MR) is 103 cm³/mol. The second-order valence-electron chi connectivity index (χ2n) is 6.03. The lowest BCUT2D eigenvalue weighted by atomic mass is 10.0. The summed E-state index contributed by atoms with van der Waals surface area (Å²) in [6, 6.07) is 14.7. The van der Waals surface area contributed by atoms with E-state index in [1.165, 1.54) is 0 Å². The van der Waals surface area contributed by atoms with Crippen molar-refractivity contribution < 1.29 is 13.2 Å². The van der Waals surface area contributed by atoms with Crippen LogP contribution in [0.5, 0.6) is 0 Å². The minimum absolute atomic E-state index is 0.219. The molecule has 3 rings (SSSR count). The Morgan fingerprint density at radius 2 is 1.96 bits per heavy atom. The van der Waals surface area contributed by atoms with Gasteiger partial charge in [-0.1, -0.05) is 40.2 Å². The van der Waals surface area contributed by atoms with Gasteiger partial charge >= 0.3 is 0 Å². The van der Waals surface area contributed by atoms with E-state index in [2.05, 4.69) is 15.9 Å². The van der Waals surface area contributed by atoms with Gasteiger partial charge in [0.05, 0.1) is 11.9 Å². The fourth-order valence-corrected chi connectivity index (χ4v) is 4.26. The molecule has 0 aliphatic carbocycles. The van der Waals surface area contributed by atoms with Crippen molar-refractivity contribution in [1.29, 1.82) is 0 Å². The molecule has 0 fully saturated rings. The van der Waals surface area contributed by atoms with E-state index in [-0.39, 0.29) is 12.5 Å². The molecule has 0 saturated carbocycles. The lowest BCUT2D eigenvalue weighted by Crippen LogP contribution is -2.44. The molecule has 0 spiro atoms. The fourth-order valence-electron chi connectivity index (χ4n) is 3.03. The van der Waals surface area contributed by atoms with E-state index in [0.29, 0.717) is 12.2 Å². The number of nitrogens with zero attached hydrogens (tertiary/aromatic N) is 2. The predicted octanol–water partition coefficient (Wildman–Crippen LogP) is 3.19. The average molecular weight is 423 g/mol. The Balaban J connectivity index is 1.90. The van der Waals surface area contributed by atoms with Crippen LogP contribution >= 0.6 is 15.9 Å². The SMILES string of the molecule is CS(=O)(=O)N(CC(=O)N1CCCc2ccccc21)c1cccc(Br)c1. The number of sulfonamides is 1. The molecule has 0 saturated heterocycles. The zero-order valence-electron chi connectivity index (χ0n) is 13.9. The van der Waals surface area contributed by atoms with Crippen LogP contribution in [-0.4, -0.2) is 33.7 Å². The number of para-hydroxylation sites is 1. The molecule has 132 valence electrons. The van der Waals surface area contributed by atoms with Gasteiger partial charge in [0, 0.05) is 16.7 Å². The summed E-state index contributed by atoms with van der Waals surface area (Å²) in [5.41, 5.74) is 2.47. The van der Waals surface area contributed by atoms with Crippen LogP contribution in [0.15, 0.2) is 53.0 Å². The molecular formula is C18H19BrN2O3S. The van der Waals surface area contributed by atoms with Crippen molar-refractivity contribution in [3.8, 4) is 0 Å². The maximum atomic E-state index is 12.9. The molecule has 7 heteroatoms. The Bertz CT molecular complexity index is 899. The standard InChI is InChI=1S/C18H19BrN2O3S/c1-25(23,24)21(16-9-4-8-15(19)12-16)13-18(22)20-11-5-7-14-6-2-3-10-17(14)20/h2-4,6,8-10,12H,5,7,11,13H2,1H3. The van der Waals surface area contributed by atoms with Gasteiger partial charge in [-0.05, 0) is 42.7 Å². The fraction of sp³-hybridized carbons (Fsp3) is 0.278. The molecular weight excluding hydrogens is 404 g/mol. The molecule has 0 radical (unpaired) electrons. The topological polar surface area (TPSA) is 57.7 Å². The number of carbonyl (C=O) groups excluding carboxylic acids is 1. The molecule has 0 aromatic heterocycles. The molecule has 1 aliphatic rings. The molecule has 2 aromatic rings. The third-order valence-electron chi connectivity index (χ3n) is 4.19. The van der Waals surface area contributed by atoms with Crippen LogP contribution in [0, 0.1) is 0 Å². The zero-order valence-corrected chi connectivity index (χ0v) is 16.3. The van der Waals surface area contributed by atoms with Crippen molar-refractivity contribution in [2.45, 2.75) is 12.8 Å². The Morgan fingerprint density at radius 3 is 2.68 bits per heavy atom. The third-order valence-corrected chi connectivity index (χ3v) is 5.82. The number of hydrogen-bond donors (Lipinski definition) is 0. The van der Waals surface area contributed by atoms with Gasteiger partial charge in [0.2, 0.25) is 15.9 Å². The van der Waals surface area contributed by atoms with Crippen molar-refractivity contribution >= 4 is 43.2 Å². The summed E-state index contributed by atoms with van der Waals surface area (Å²) in [6.07, 6.45) is 2.92. The summed E-state index contributed by atoms with van der Waals surface area (Å²) in [5.74, 6) is -0.224. The molecule has 1 amide bonds. The molecule has 5 nitrogen and oxygen atoms in total. The van der Waals surface area contributed by atoms with Crippen molar-refractivity contribution in [1.82, 2.24) is 0 Å². The number of aryl methyl sites for hydroxylation is 1. The number of amides is 1. The summed E-state index contributed by atoms with van der Waals surface area (Å²) < 4.78 is 26.4. The number of rotatable bonds is 4. The van der Waals surface area contributed by atoms with Gasteiger partial charge in [0.25, 0.3) is 0 Å². The number of anilines is 2. The van der Waals surface area contributed by atoms with E-state index in [0.717, 1.165) is 39.1 Å². The highest BCUT2D eigenvalue weighted by atomic mass is 79.9. The van der Waals surface area contributed by atoms with Crippen LogP contribution in [0.1, 0.15) is 12.0 Å². The van der Waals surface area contributed by atoms with Crippen LogP contribution < -0.4 is 9.21 Å². The Kier molecular flexibility index (Phi) is 5.15. The van der Waals surface area contributed by atoms with Crippen LogP contribution in [0.4, 0.5) is 11.4 Å². The first-order valence-corrected chi connectivity index (χ1v) is 10.6. The van der Waals surface area contributed by atoms with Gasteiger partial charge in [0.15, 0.2) is 0 Å². The van der Waals surface area contributed by atoms with Crippen LogP contribution in [0.25, 0.3) is 0 Å². The van der Waals surface area contributed by atoms with Gasteiger partial charge in [-0.2, -0.15) is 0 Å². The van der Waals surface area contributed by atoms with Crippen LogP contribution in [0.2, 0.25) is 0 Å². The van der Waals surface area contributed by atoms with Crippen LogP contribution in [-0.2, 0) is 21.2 Å².